The molecule has 5 rings (SSSR count). The molecule has 36 heavy (non-hydrogen) atoms. The summed E-state index contributed by atoms with van der Waals surface area (Å²) in [7, 11) is 0. The largest absolute Gasteiger partial charge is 0.489 e. The fourth-order valence-electron chi connectivity index (χ4n) is 3.97. The third-order valence-electron chi connectivity index (χ3n) is 5.75. The minimum atomic E-state index is -0.0710. The van der Waals surface area contributed by atoms with Crippen LogP contribution < -0.4 is 4.74 Å². The number of rotatable bonds is 7. The van der Waals surface area contributed by atoms with E-state index in [0.717, 1.165) is 33.8 Å². The van der Waals surface area contributed by atoms with Gasteiger partial charge >= 0.3 is 0 Å². The number of benzene rings is 3. The fraction of sp³-hybridized carbons (Fsp3) is 0.138. The first-order valence-electron chi connectivity index (χ1n) is 11.7. The number of hydrogen-bond acceptors (Lipinski definition) is 5. The zero-order valence-electron chi connectivity index (χ0n) is 20.0. The molecule has 1 fully saturated rings. The summed E-state index contributed by atoms with van der Waals surface area (Å²) in [6.07, 6.45) is 3.84. The van der Waals surface area contributed by atoms with E-state index in [1.165, 1.54) is 11.8 Å². The lowest BCUT2D eigenvalue weighted by molar-refractivity contribution is -0.123. The van der Waals surface area contributed by atoms with E-state index in [4.69, 9.17) is 22.1 Å². The van der Waals surface area contributed by atoms with Crippen molar-refractivity contribution in [2.45, 2.75) is 26.5 Å². The maximum absolute atomic E-state index is 13.1. The van der Waals surface area contributed by atoms with Crippen LogP contribution in [0.25, 0.3) is 23.0 Å². The van der Waals surface area contributed by atoms with Gasteiger partial charge in [-0.1, -0.05) is 84.6 Å². The van der Waals surface area contributed by atoms with Crippen LogP contribution in [0.2, 0.25) is 0 Å². The van der Waals surface area contributed by atoms with Crippen molar-refractivity contribution in [3.63, 3.8) is 0 Å². The van der Waals surface area contributed by atoms with Crippen molar-refractivity contribution in [3.8, 4) is 22.7 Å². The summed E-state index contributed by atoms with van der Waals surface area (Å²) in [6, 6.07) is 27.9. The highest BCUT2D eigenvalue weighted by Gasteiger charge is 2.34. The van der Waals surface area contributed by atoms with Crippen LogP contribution in [0.3, 0.4) is 0 Å². The van der Waals surface area contributed by atoms with Gasteiger partial charge in [-0.3, -0.25) is 9.69 Å². The number of amides is 1. The first-order chi connectivity index (χ1) is 17.5. The van der Waals surface area contributed by atoms with Crippen LogP contribution in [0, 0.1) is 0 Å². The van der Waals surface area contributed by atoms with E-state index in [0.29, 0.717) is 15.8 Å². The smallest absolute Gasteiger partial charge is 0.266 e. The number of carbonyl (C=O) groups excluding carboxylic acids is 1. The molecule has 0 spiro atoms. The Hall–Kier alpha value is -3.68. The molecular formula is C29H25N3O2S2. The molecule has 5 nitrogen and oxygen atoms in total. The van der Waals surface area contributed by atoms with Crippen molar-refractivity contribution in [2.75, 3.05) is 0 Å². The number of ether oxygens (including phenoxy) is 1. The Kier molecular flexibility index (Phi) is 7.02. The van der Waals surface area contributed by atoms with Crippen molar-refractivity contribution in [1.29, 1.82) is 0 Å². The Bertz CT molecular complexity index is 1430. The Morgan fingerprint density at radius 3 is 2.42 bits per heavy atom. The van der Waals surface area contributed by atoms with Crippen LogP contribution in [0.4, 0.5) is 0 Å². The van der Waals surface area contributed by atoms with Gasteiger partial charge in [-0.2, -0.15) is 5.10 Å². The lowest BCUT2D eigenvalue weighted by Crippen LogP contribution is -2.34. The van der Waals surface area contributed by atoms with Crippen LogP contribution in [0.5, 0.6) is 5.75 Å². The van der Waals surface area contributed by atoms with Crippen LogP contribution in [-0.4, -0.2) is 30.9 Å². The molecule has 0 unspecified atom stereocenters. The summed E-state index contributed by atoms with van der Waals surface area (Å²) >= 11 is 6.80. The normalized spacial score (nSPS) is 14.8. The summed E-state index contributed by atoms with van der Waals surface area (Å²) in [5.74, 6) is 0.682. The van der Waals surface area contributed by atoms with Crippen molar-refractivity contribution in [3.05, 3.63) is 107 Å². The van der Waals surface area contributed by atoms with Gasteiger partial charge in [0.25, 0.3) is 5.91 Å². The number of carbonyl (C=O) groups is 1. The summed E-state index contributed by atoms with van der Waals surface area (Å²) in [5.41, 5.74) is 4.54. The van der Waals surface area contributed by atoms with Crippen molar-refractivity contribution in [2.24, 2.45) is 0 Å². The number of nitrogens with zero attached hydrogens (tertiary/aromatic N) is 3. The number of hydrogen-bond donors (Lipinski definition) is 0. The first-order valence-corrected chi connectivity index (χ1v) is 12.9. The average molecular weight is 512 g/mol. The molecule has 0 radical (unpaired) electrons. The van der Waals surface area contributed by atoms with Crippen LogP contribution in [-0.2, 0) is 11.4 Å². The summed E-state index contributed by atoms with van der Waals surface area (Å²) in [4.78, 5) is 15.3. The highest BCUT2D eigenvalue weighted by Crippen LogP contribution is 2.36. The molecule has 180 valence electrons. The Labute approximate surface area is 220 Å². The molecule has 1 saturated heterocycles. The number of thioether (sulfide) groups is 1. The van der Waals surface area contributed by atoms with Gasteiger partial charge in [-0.05, 0) is 49.8 Å². The monoisotopic (exact) mass is 511 g/mol. The van der Waals surface area contributed by atoms with E-state index >= 15 is 0 Å². The van der Waals surface area contributed by atoms with E-state index in [9.17, 15) is 4.79 Å². The molecule has 7 heteroatoms. The Balaban J connectivity index is 1.52. The van der Waals surface area contributed by atoms with Crippen molar-refractivity contribution >= 4 is 40.3 Å². The highest BCUT2D eigenvalue weighted by atomic mass is 32.2. The van der Waals surface area contributed by atoms with Crippen molar-refractivity contribution < 1.29 is 9.53 Å². The maximum Gasteiger partial charge on any atom is 0.266 e. The second-order valence-electron chi connectivity index (χ2n) is 8.66. The molecule has 0 N–H and O–H groups in total. The molecule has 0 atom stereocenters. The van der Waals surface area contributed by atoms with E-state index in [-0.39, 0.29) is 11.9 Å². The van der Waals surface area contributed by atoms with Gasteiger partial charge in [-0.25, -0.2) is 4.68 Å². The summed E-state index contributed by atoms with van der Waals surface area (Å²) in [5, 5.41) is 4.90. The van der Waals surface area contributed by atoms with Gasteiger partial charge in [-0.15, -0.1) is 0 Å². The van der Waals surface area contributed by atoms with Gasteiger partial charge < -0.3 is 4.74 Å². The van der Waals surface area contributed by atoms with Crippen LogP contribution in [0.1, 0.15) is 25.0 Å². The minimum Gasteiger partial charge on any atom is -0.489 e. The Morgan fingerprint density at radius 2 is 1.72 bits per heavy atom. The molecular weight excluding hydrogens is 486 g/mol. The zero-order valence-corrected chi connectivity index (χ0v) is 21.6. The van der Waals surface area contributed by atoms with Crippen LogP contribution >= 0.6 is 24.0 Å². The van der Waals surface area contributed by atoms with Gasteiger partial charge in [0.1, 0.15) is 22.4 Å². The fourth-order valence-corrected chi connectivity index (χ4v) is 5.49. The average Bonchev–Trinajstić information content (AvgIpc) is 3.44. The number of aromatic nitrogens is 2. The molecule has 1 aliphatic heterocycles. The molecule has 1 aromatic heterocycles. The minimum absolute atomic E-state index is 0.00774. The predicted octanol–water partition coefficient (Wildman–Crippen LogP) is 6.73. The topological polar surface area (TPSA) is 47.4 Å². The third-order valence-corrected chi connectivity index (χ3v) is 7.08. The van der Waals surface area contributed by atoms with E-state index < -0.39 is 0 Å². The summed E-state index contributed by atoms with van der Waals surface area (Å²) in [6.45, 7) is 4.41. The van der Waals surface area contributed by atoms with Gasteiger partial charge in [0.05, 0.1) is 10.6 Å². The van der Waals surface area contributed by atoms with E-state index in [2.05, 4.69) is 0 Å². The number of para-hydroxylation sites is 1. The maximum atomic E-state index is 13.1. The second kappa shape index (κ2) is 10.5. The quantitative estimate of drug-likeness (QED) is 0.203. The van der Waals surface area contributed by atoms with Crippen molar-refractivity contribution in [1.82, 2.24) is 14.7 Å². The molecule has 0 aliphatic carbocycles. The molecule has 4 aromatic rings. The molecule has 0 saturated carbocycles. The van der Waals surface area contributed by atoms with Gasteiger partial charge in [0.2, 0.25) is 0 Å². The zero-order chi connectivity index (χ0) is 25.1. The van der Waals surface area contributed by atoms with E-state index in [1.807, 2.05) is 116 Å². The molecule has 1 aliphatic rings. The predicted molar refractivity (Wildman–Crippen MR) is 150 cm³/mol. The first kappa shape index (κ1) is 24.0. The third kappa shape index (κ3) is 5.12. The highest BCUT2D eigenvalue weighted by molar-refractivity contribution is 8.26. The number of thiocarbonyl (C=S) groups is 1. The Morgan fingerprint density at radius 1 is 1.00 bits per heavy atom. The molecule has 0 bridgehead atoms. The molecule has 3 aromatic carbocycles. The molecule has 2 heterocycles. The van der Waals surface area contributed by atoms with Crippen LogP contribution in [0.15, 0.2) is 96.0 Å². The molecule has 1 amide bonds. The van der Waals surface area contributed by atoms with Gasteiger partial charge in [0.15, 0.2) is 0 Å². The standard InChI is InChI=1S/C29H25N3O2S2/c1-20(2)32-28(33)26(36-29(32)35)17-23-18-31(24-13-7-4-8-14-24)30-27(23)22-12-9-15-25(16-22)34-19-21-10-5-3-6-11-21/h3-18,20H,19H2,1-2H3. The second-order valence-corrected chi connectivity index (χ2v) is 10.3. The van der Waals surface area contributed by atoms with Gasteiger partial charge in [0, 0.05) is 23.4 Å². The van der Waals surface area contributed by atoms with E-state index in [1.54, 1.807) is 4.90 Å². The SMILES string of the molecule is CC(C)N1C(=O)C(=Cc2cn(-c3ccccc3)nc2-c2cccc(OCc3ccccc3)c2)SC1=S. The summed E-state index contributed by atoms with van der Waals surface area (Å²) < 4.78 is 8.47. The lowest BCUT2D eigenvalue weighted by Gasteiger charge is -2.18. The lowest BCUT2D eigenvalue weighted by atomic mass is 10.1.